The Hall–Kier alpha value is -3.94. The summed E-state index contributed by atoms with van der Waals surface area (Å²) in [5.41, 5.74) is 1.99. The summed E-state index contributed by atoms with van der Waals surface area (Å²) in [7, 11) is 0. The molecule has 0 radical (unpaired) electrons. The lowest BCUT2D eigenvalue weighted by Crippen LogP contribution is -2.44. The maximum Gasteiger partial charge on any atom is 0.402 e. The van der Waals surface area contributed by atoms with Crippen LogP contribution < -0.4 is 9.47 Å². The summed E-state index contributed by atoms with van der Waals surface area (Å²) in [5.74, 6) is 3.40. The average molecular weight is 673 g/mol. The van der Waals surface area contributed by atoms with Gasteiger partial charge in [-0.2, -0.15) is 26.3 Å². The molecule has 0 unspecified atom stereocenters. The van der Waals surface area contributed by atoms with E-state index in [0.717, 1.165) is 29.4 Å². The Balaban J connectivity index is 0.000000269. The van der Waals surface area contributed by atoms with Crippen LogP contribution in [0.2, 0.25) is 0 Å². The van der Waals surface area contributed by atoms with E-state index in [1.165, 1.54) is 54.4 Å². The van der Waals surface area contributed by atoms with Crippen LogP contribution in [0.15, 0.2) is 97.1 Å². The Kier molecular flexibility index (Phi) is 13.2. The maximum atomic E-state index is 11.6. The van der Waals surface area contributed by atoms with Gasteiger partial charge in [0.05, 0.1) is 0 Å². The van der Waals surface area contributed by atoms with Crippen molar-refractivity contribution < 1.29 is 35.8 Å². The van der Waals surface area contributed by atoms with Crippen LogP contribution in [-0.2, 0) is 6.42 Å². The van der Waals surface area contributed by atoms with E-state index < -0.39 is 17.8 Å². The molecule has 0 saturated heterocycles. The van der Waals surface area contributed by atoms with Crippen LogP contribution in [0, 0.1) is 24.7 Å². The van der Waals surface area contributed by atoms with Gasteiger partial charge in [0.2, 0.25) is 0 Å². The van der Waals surface area contributed by atoms with Crippen LogP contribution >= 0.6 is 0 Å². The molecule has 4 aromatic rings. The molecule has 8 heteroatoms. The highest BCUT2D eigenvalue weighted by Crippen LogP contribution is 2.49. The molecule has 48 heavy (non-hydrogen) atoms. The first-order chi connectivity index (χ1) is 22.3. The van der Waals surface area contributed by atoms with Gasteiger partial charge in [0.1, 0.15) is 23.0 Å². The summed E-state index contributed by atoms with van der Waals surface area (Å²) in [6.45, 7) is 9.11. The first-order valence-corrected chi connectivity index (χ1v) is 16.2. The van der Waals surface area contributed by atoms with Crippen LogP contribution in [0.1, 0.15) is 82.1 Å². The minimum absolute atomic E-state index is 0.104. The van der Waals surface area contributed by atoms with Crippen molar-refractivity contribution >= 4 is 0 Å². The van der Waals surface area contributed by atoms with Crippen molar-refractivity contribution in [2.75, 3.05) is 0 Å². The third-order valence-corrected chi connectivity index (χ3v) is 8.39. The van der Waals surface area contributed by atoms with Crippen molar-refractivity contribution in [2.45, 2.75) is 92.4 Å². The van der Waals surface area contributed by atoms with Crippen LogP contribution in [0.3, 0.4) is 0 Å². The molecule has 0 N–H and O–H groups in total. The molecule has 5 rings (SSSR count). The minimum atomic E-state index is -5.24. The number of ether oxygens (including phenoxy) is 2. The smallest absolute Gasteiger partial charge is 0.402 e. The lowest BCUT2D eigenvalue weighted by Gasteiger charge is -2.29. The fourth-order valence-electron chi connectivity index (χ4n) is 4.74. The summed E-state index contributed by atoms with van der Waals surface area (Å²) >= 11 is 0. The Morgan fingerprint density at radius 3 is 1.02 bits per heavy atom. The number of rotatable bonds is 6. The van der Waals surface area contributed by atoms with Gasteiger partial charge in [0.15, 0.2) is 5.41 Å². The number of hydrogen-bond acceptors (Lipinski definition) is 2. The molecular weight excluding hydrogens is 626 g/mol. The minimum Gasteiger partial charge on any atom is -0.457 e. The van der Waals surface area contributed by atoms with Crippen LogP contribution in [0.5, 0.6) is 23.0 Å². The largest absolute Gasteiger partial charge is 0.457 e. The zero-order valence-corrected chi connectivity index (χ0v) is 28.6. The van der Waals surface area contributed by atoms with E-state index in [1.807, 2.05) is 48.5 Å². The van der Waals surface area contributed by atoms with Crippen molar-refractivity contribution in [2.24, 2.45) is 10.8 Å². The van der Waals surface area contributed by atoms with Crippen LogP contribution in [-0.4, -0.2) is 12.4 Å². The zero-order valence-electron chi connectivity index (χ0n) is 28.6. The molecule has 1 saturated carbocycles. The van der Waals surface area contributed by atoms with Gasteiger partial charge in [-0.15, -0.1) is 0 Å². The Morgan fingerprint density at radius 1 is 0.500 bits per heavy atom. The molecular formula is C40H46F6O2. The van der Waals surface area contributed by atoms with Crippen molar-refractivity contribution in [3.8, 4) is 23.0 Å². The third kappa shape index (κ3) is 12.3. The lowest BCUT2D eigenvalue weighted by molar-refractivity contribution is -0.327. The molecule has 0 spiro atoms. The van der Waals surface area contributed by atoms with E-state index in [9.17, 15) is 26.3 Å². The molecule has 1 aliphatic rings. The fourth-order valence-corrected chi connectivity index (χ4v) is 4.74. The topological polar surface area (TPSA) is 18.5 Å². The van der Waals surface area contributed by atoms with Gasteiger partial charge < -0.3 is 9.47 Å². The Labute approximate surface area is 281 Å². The van der Waals surface area contributed by atoms with Gasteiger partial charge in [-0.25, -0.2) is 0 Å². The second-order valence-electron chi connectivity index (χ2n) is 13.6. The molecule has 1 aliphatic carbocycles. The first-order valence-electron chi connectivity index (χ1n) is 16.2. The van der Waals surface area contributed by atoms with Gasteiger partial charge in [-0.3, -0.25) is 0 Å². The monoisotopic (exact) mass is 672 g/mol. The standard InChI is InChI=1S/C27H24O2.C8H16.C5H6F6/c1-20-3-11-24(12-4-20)28-26-15-7-22(8-16-26)19-23-9-17-27(18-10-23)29-25-13-5-21(2)6-14-25;1-8(2)6-4-3-5-7-8;1-3(2,4(6,7)8)5(9,10)11/h3-18H,19H2,1-2H3;3-7H2,1-2H3;1-2H3. The molecule has 0 heterocycles. The van der Waals surface area contributed by atoms with E-state index in [2.05, 4.69) is 76.2 Å². The number of benzene rings is 4. The van der Waals surface area contributed by atoms with Crippen LogP contribution in [0.4, 0.5) is 26.3 Å². The molecule has 2 nitrogen and oxygen atoms in total. The molecule has 1 fully saturated rings. The second-order valence-corrected chi connectivity index (χ2v) is 13.6. The molecule has 0 bridgehead atoms. The molecule has 260 valence electrons. The Bertz CT molecular complexity index is 1410. The SMILES string of the molecule is CC(C)(C(F)(F)F)C(F)(F)F.CC1(C)CCCCC1.Cc1ccc(Oc2ccc(Cc3ccc(Oc4ccc(C)cc4)cc3)cc2)cc1. The quantitative estimate of drug-likeness (QED) is 0.190. The van der Waals surface area contributed by atoms with Gasteiger partial charge >= 0.3 is 12.4 Å². The highest BCUT2D eigenvalue weighted by Gasteiger charge is 2.64. The predicted molar refractivity (Wildman–Crippen MR) is 181 cm³/mol. The summed E-state index contributed by atoms with van der Waals surface area (Å²) < 4.78 is 81.5. The summed E-state index contributed by atoms with van der Waals surface area (Å²) in [5, 5.41) is 0. The van der Waals surface area contributed by atoms with E-state index in [-0.39, 0.29) is 13.8 Å². The number of alkyl halides is 6. The van der Waals surface area contributed by atoms with Crippen LogP contribution in [0.25, 0.3) is 0 Å². The molecule has 0 aromatic heterocycles. The third-order valence-electron chi connectivity index (χ3n) is 8.39. The fraction of sp³-hybridized carbons (Fsp3) is 0.400. The summed E-state index contributed by atoms with van der Waals surface area (Å²) in [6.07, 6.45) is -2.31. The lowest BCUT2D eigenvalue weighted by atomic mass is 9.78. The van der Waals surface area contributed by atoms with E-state index in [4.69, 9.17) is 9.47 Å². The van der Waals surface area contributed by atoms with Crippen molar-refractivity contribution in [3.63, 3.8) is 0 Å². The summed E-state index contributed by atoms with van der Waals surface area (Å²) in [4.78, 5) is 0. The predicted octanol–water partition coefficient (Wildman–Crippen LogP) is 13.6. The van der Waals surface area contributed by atoms with Gasteiger partial charge in [-0.1, -0.05) is 92.8 Å². The molecule has 0 aliphatic heterocycles. The Morgan fingerprint density at radius 2 is 0.792 bits per heavy atom. The van der Waals surface area contributed by atoms with Crippen molar-refractivity contribution in [3.05, 3.63) is 119 Å². The number of halogens is 6. The molecule has 0 amide bonds. The van der Waals surface area contributed by atoms with Gasteiger partial charge in [0.25, 0.3) is 0 Å². The second kappa shape index (κ2) is 16.4. The number of aryl methyl sites for hydroxylation is 2. The van der Waals surface area contributed by atoms with E-state index in [1.54, 1.807) is 0 Å². The van der Waals surface area contributed by atoms with E-state index in [0.29, 0.717) is 5.41 Å². The van der Waals surface area contributed by atoms with Crippen molar-refractivity contribution in [1.82, 2.24) is 0 Å². The summed E-state index contributed by atoms with van der Waals surface area (Å²) in [6, 6.07) is 32.7. The average Bonchev–Trinajstić information content (AvgIpc) is 3.01. The van der Waals surface area contributed by atoms with Crippen molar-refractivity contribution in [1.29, 1.82) is 0 Å². The first kappa shape index (κ1) is 38.5. The highest BCUT2D eigenvalue weighted by atomic mass is 19.4. The van der Waals surface area contributed by atoms with Gasteiger partial charge in [-0.05, 0) is 112 Å². The number of hydrogen-bond donors (Lipinski definition) is 0. The highest BCUT2D eigenvalue weighted by molar-refractivity contribution is 5.38. The zero-order chi connectivity index (χ0) is 35.6. The van der Waals surface area contributed by atoms with E-state index >= 15 is 0 Å². The maximum absolute atomic E-state index is 11.6. The molecule has 0 atom stereocenters. The van der Waals surface area contributed by atoms with Gasteiger partial charge in [0, 0.05) is 0 Å². The molecule has 4 aromatic carbocycles. The normalized spacial score (nSPS) is 14.5.